The molecule has 1 N–H and O–H groups in total. The van der Waals surface area contributed by atoms with Gasteiger partial charge in [0.1, 0.15) is 6.61 Å². The zero-order valence-corrected chi connectivity index (χ0v) is 20.7. The molecule has 0 bridgehead atoms. The van der Waals surface area contributed by atoms with E-state index in [9.17, 15) is 4.79 Å². The van der Waals surface area contributed by atoms with Gasteiger partial charge in [0, 0.05) is 10.6 Å². The molecule has 3 rings (SSSR count). The summed E-state index contributed by atoms with van der Waals surface area (Å²) in [5.41, 5.74) is 4.51. The summed E-state index contributed by atoms with van der Waals surface area (Å²) in [6.07, 6.45) is 1.52. The number of halogens is 4. The third kappa shape index (κ3) is 6.62. The van der Waals surface area contributed by atoms with Crippen molar-refractivity contribution in [3.63, 3.8) is 0 Å². The fourth-order valence-corrected chi connectivity index (χ4v) is 3.70. The molecule has 0 saturated heterocycles. The number of amides is 1. The number of hydrogen-bond acceptors (Lipinski definition) is 4. The quantitative estimate of drug-likeness (QED) is 0.237. The maximum absolute atomic E-state index is 12.2. The first-order valence-corrected chi connectivity index (χ1v) is 11.4. The molecule has 0 spiro atoms. The molecule has 0 atom stereocenters. The second-order valence-electron chi connectivity index (χ2n) is 6.51. The van der Waals surface area contributed by atoms with Crippen LogP contribution >= 0.6 is 50.7 Å². The van der Waals surface area contributed by atoms with E-state index in [0.29, 0.717) is 48.8 Å². The van der Waals surface area contributed by atoms with Crippen LogP contribution in [0.1, 0.15) is 28.4 Å². The molecule has 0 aromatic heterocycles. The van der Waals surface area contributed by atoms with Gasteiger partial charge < -0.3 is 9.47 Å². The summed E-state index contributed by atoms with van der Waals surface area (Å²) in [7, 11) is 0. The maximum atomic E-state index is 12.2. The number of ether oxygens (including phenoxy) is 2. The average Bonchev–Trinajstić information content (AvgIpc) is 2.76. The zero-order valence-electron chi connectivity index (χ0n) is 16.9. The molecule has 0 fully saturated rings. The van der Waals surface area contributed by atoms with Gasteiger partial charge in [0.15, 0.2) is 11.5 Å². The third-order valence-electron chi connectivity index (χ3n) is 4.19. The first kappa shape index (κ1) is 24.4. The summed E-state index contributed by atoms with van der Waals surface area (Å²) < 4.78 is 12.4. The van der Waals surface area contributed by atoms with Gasteiger partial charge in [-0.3, -0.25) is 4.79 Å². The lowest BCUT2D eigenvalue weighted by Crippen LogP contribution is -2.17. The second kappa shape index (κ2) is 11.6. The highest BCUT2D eigenvalue weighted by atomic mass is 79.9. The van der Waals surface area contributed by atoms with Gasteiger partial charge in [-0.1, -0.05) is 40.9 Å². The molecule has 0 aliphatic heterocycles. The van der Waals surface area contributed by atoms with Crippen LogP contribution in [0.5, 0.6) is 11.5 Å². The molecule has 32 heavy (non-hydrogen) atoms. The summed E-state index contributed by atoms with van der Waals surface area (Å²) in [5, 5.41) is 5.52. The van der Waals surface area contributed by atoms with Crippen LogP contribution in [0.3, 0.4) is 0 Å². The average molecular weight is 557 g/mol. The van der Waals surface area contributed by atoms with Crippen LogP contribution in [0, 0.1) is 0 Å². The highest BCUT2D eigenvalue weighted by molar-refractivity contribution is 9.10. The van der Waals surface area contributed by atoms with E-state index in [2.05, 4.69) is 26.5 Å². The SMILES string of the molecule is CCOc1cc(/C=N\NC(=O)c2ccc(Cl)cc2)cc(Br)c1OCc1ccc(Cl)c(Cl)c1. The van der Waals surface area contributed by atoms with Crippen molar-refractivity contribution < 1.29 is 14.3 Å². The number of nitrogens with zero attached hydrogens (tertiary/aromatic N) is 1. The van der Waals surface area contributed by atoms with E-state index in [1.54, 1.807) is 42.5 Å². The van der Waals surface area contributed by atoms with Crippen molar-refractivity contribution in [1.82, 2.24) is 5.43 Å². The van der Waals surface area contributed by atoms with Gasteiger partial charge in [-0.05, 0) is 82.5 Å². The lowest BCUT2D eigenvalue weighted by atomic mass is 10.2. The van der Waals surface area contributed by atoms with Gasteiger partial charge in [-0.2, -0.15) is 5.10 Å². The minimum atomic E-state index is -0.344. The molecule has 0 heterocycles. The molecule has 3 aromatic rings. The minimum absolute atomic E-state index is 0.278. The Kier molecular flexibility index (Phi) is 8.82. The van der Waals surface area contributed by atoms with Crippen molar-refractivity contribution >= 4 is 62.9 Å². The van der Waals surface area contributed by atoms with E-state index in [1.807, 2.05) is 19.1 Å². The lowest BCUT2D eigenvalue weighted by molar-refractivity contribution is 0.0955. The molecule has 0 saturated carbocycles. The summed E-state index contributed by atoms with van der Waals surface area (Å²) in [6, 6.07) is 15.4. The van der Waals surface area contributed by atoms with Crippen LogP contribution < -0.4 is 14.9 Å². The van der Waals surface area contributed by atoms with Crippen LogP contribution in [0.4, 0.5) is 0 Å². The van der Waals surface area contributed by atoms with Gasteiger partial charge in [-0.15, -0.1) is 0 Å². The molecular formula is C23H18BrCl3N2O3. The van der Waals surface area contributed by atoms with Crippen molar-refractivity contribution in [3.8, 4) is 11.5 Å². The summed E-state index contributed by atoms with van der Waals surface area (Å²) in [6.45, 7) is 2.60. The molecule has 1 amide bonds. The van der Waals surface area contributed by atoms with Crippen molar-refractivity contribution in [3.05, 3.63) is 90.8 Å². The molecule has 3 aromatic carbocycles. The second-order valence-corrected chi connectivity index (χ2v) is 8.61. The molecule has 0 aliphatic carbocycles. The van der Waals surface area contributed by atoms with Crippen LogP contribution in [-0.2, 0) is 6.61 Å². The van der Waals surface area contributed by atoms with Crippen molar-refractivity contribution in [1.29, 1.82) is 0 Å². The smallest absolute Gasteiger partial charge is 0.271 e. The highest BCUT2D eigenvalue weighted by Gasteiger charge is 2.13. The molecule has 0 radical (unpaired) electrons. The topological polar surface area (TPSA) is 59.9 Å². The lowest BCUT2D eigenvalue weighted by Gasteiger charge is -2.15. The Morgan fingerprint density at radius 1 is 1.03 bits per heavy atom. The van der Waals surface area contributed by atoms with Crippen molar-refractivity contribution in [2.75, 3.05) is 6.61 Å². The highest BCUT2D eigenvalue weighted by Crippen LogP contribution is 2.37. The molecular weight excluding hydrogens is 539 g/mol. The molecule has 166 valence electrons. The van der Waals surface area contributed by atoms with Crippen LogP contribution in [-0.4, -0.2) is 18.7 Å². The largest absolute Gasteiger partial charge is 0.490 e. The van der Waals surface area contributed by atoms with E-state index in [-0.39, 0.29) is 12.5 Å². The first-order chi connectivity index (χ1) is 15.4. The summed E-state index contributed by atoms with van der Waals surface area (Å²) in [4.78, 5) is 12.2. The Balaban J connectivity index is 1.72. The van der Waals surface area contributed by atoms with Crippen LogP contribution in [0.2, 0.25) is 15.1 Å². The van der Waals surface area contributed by atoms with E-state index < -0.39 is 0 Å². The maximum Gasteiger partial charge on any atom is 0.271 e. The Labute approximate surface area is 209 Å². The van der Waals surface area contributed by atoms with E-state index in [1.165, 1.54) is 6.21 Å². The number of nitrogens with one attached hydrogen (secondary N) is 1. The predicted octanol–water partition coefficient (Wildman–Crippen LogP) is 7.15. The third-order valence-corrected chi connectivity index (χ3v) is 5.77. The van der Waals surface area contributed by atoms with Gasteiger partial charge >= 0.3 is 0 Å². The van der Waals surface area contributed by atoms with Gasteiger partial charge in [-0.25, -0.2) is 5.43 Å². The Hall–Kier alpha value is -2.25. The van der Waals surface area contributed by atoms with E-state index in [0.717, 1.165) is 5.56 Å². The van der Waals surface area contributed by atoms with Gasteiger partial charge in [0.2, 0.25) is 0 Å². The number of carbonyl (C=O) groups excluding carboxylic acids is 1. The van der Waals surface area contributed by atoms with Gasteiger partial charge in [0.05, 0.1) is 27.3 Å². The summed E-state index contributed by atoms with van der Waals surface area (Å²) >= 11 is 21.4. The normalized spacial score (nSPS) is 10.9. The fourth-order valence-electron chi connectivity index (χ4n) is 2.68. The minimum Gasteiger partial charge on any atom is -0.490 e. The number of rotatable bonds is 8. The predicted molar refractivity (Wildman–Crippen MR) is 133 cm³/mol. The van der Waals surface area contributed by atoms with Crippen LogP contribution in [0.15, 0.2) is 64.2 Å². The Morgan fingerprint density at radius 2 is 1.78 bits per heavy atom. The fraction of sp³-hybridized carbons (Fsp3) is 0.130. The number of hydrazone groups is 1. The first-order valence-electron chi connectivity index (χ1n) is 9.49. The monoisotopic (exact) mass is 554 g/mol. The number of carbonyl (C=O) groups is 1. The van der Waals surface area contributed by atoms with Crippen molar-refractivity contribution in [2.24, 2.45) is 5.10 Å². The van der Waals surface area contributed by atoms with Crippen LogP contribution in [0.25, 0.3) is 0 Å². The van der Waals surface area contributed by atoms with Crippen molar-refractivity contribution in [2.45, 2.75) is 13.5 Å². The Bertz CT molecular complexity index is 1140. The molecule has 9 heteroatoms. The number of benzene rings is 3. The summed E-state index contributed by atoms with van der Waals surface area (Å²) in [5.74, 6) is 0.733. The van der Waals surface area contributed by atoms with Gasteiger partial charge in [0.25, 0.3) is 5.91 Å². The molecule has 0 aliphatic rings. The van der Waals surface area contributed by atoms with E-state index >= 15 is 0 Å². The Morgan fingerprint density at radius 3 is 2.47 bits per heavy atom. The standard InChI is InChI=1S/C23H18BrCl3N2O3/c1-2-31-21-11-15(12-28-29-23(30)16-4-6-17(25)7-5-16)9-18(24)22(21)32-13-14-3-8-19(26)20(27)10-14/h3-12H,2,13H2,1H3,(H,29,30)/b28-12-. The zero-order chi connectivity index (χ0) is 23.1. The number of hydrogen-bond donors (Lipinski definition) is 1. The molecule has 5 nitrogen and oxygen atoms in total. The van der Waals surface area contributed by atoms with E-state index in [4.69, 9.17) is 44.3 Å². The molecule has 0 unspecified atom stereocenters.